The summed E-state index contributed by atoms with van der Waals surface area (Å²) in [6, 6.07) is 9.50. The van der Waals surface area contributed by atoms with E-state index in [1.807, 2.05) is 43.7 Å². The molecule has 1 unspecified atom stereocenters. The molecule has 0 amide bonds. The molecular weight excluding hydrogens is 340 g/mol. The Labute approximate surface area is 149 Å². The van der Waals surface area contributed by atoms with Crippen molar-refractivity contribution in [3.63, 3.8) is 0 Å². The van der Waals surface area contributed by atoms with Gasteiger partial charge in [-0.2, -0.15) is 9.98 Å². The van der Waals surface area contributed by atoms with Gasteiger partial charge >= 0.3 is 0 Å². The first-order valence-electron chi connectivity index (χ1n) is 7.66. The Hall–Kier alpha value is -2.70. The average Bonchev–Trinajstić information content (AvgIpc) is 2.64. The van der Waals surface area contributed by atoms with E-state index in [0.717, 1.165) is 22.4 Å². The van der Waals surface area contributed by atoms with Gasteiger partial charge in [-0.15, -0.1) is 0 Å². The molecule has 0 fully saturated rings. The van der Waals surface area contributed by atoms with E-state index in [0.29, 0.717) is 22.2 Å². The molecule has 1 atom stereocenters. The fourth-order valence-corrected chi connectivity index (χ4v) is 3.34. The number of aliphatic imine (C=N–C) groups is 1. The average molecular weight is 356 g/mol. The molecule has 0 saturated carbocycles. The molecule has 6 nitrogen and oxygen atoms in total. The first kappa shape index (κ1) is 15.8. The summed E-state index contributed by atoms with van der Waals surface area (Å²) in [6.45, 7) is 0. The standard InChI is InChI=1S/C18H16ClN4O2/c1-23(12-6-4-5-11(19)7-12)10-22-16-15-13(20-9-21-18(15)23)8-14(24-2)17(16)25-3/h4-10H,1-3H3/q+1. The van der Waals surface area contributed by atoms with Gasteiger partial charge in [0.1, 0.15) is 23.1 Å². The minimum atomic E-state index is 0.280. The maximum atomic E-state index is 6.19. The maximum Gasteiger partial charge on any atom is 0.251 e. The van der Waals surface area contributed by atoms with Crippen molar-refractivity contribution in [1.29, 1.82) is 0 Å². The quantitative estimate of drug-likeness (QED) is 0.659. The summed E-state index contributed by atoms with van der Waals surface area (Å²) in [4.78, 5) is 13.6. The summed E-state index contributed by atoms with van der Waals surface area (Å²) in [5, 5.41) is 1.50. The predicted octanol–water partition coefficient (Wildman–Crippen LogP) is 4.24. The molecule has 0 N–H and O–H groups in total. The van der Waals surface area contributed by atoms with E-state index in [-0.39, 0.29) is 4.48 Å². The van der Waals surface area contributed by atoms with Crippen LogP contribution in [0.4, 0.5) is 17.2 Å². The molecule has 7 heteroatoms. The molecule has 0 radical (unpaired) electrons. The zero-order chi connectivity index (χ0) is 17.6. The van der Waals surface area contributed by atoms with Crippen LogP contribution in [-0.4, -0.2) is 37.6 Å². The molecule has 2 heterocycles. The maximum absolute atomic E-state index is 6.19. The van der Waals surface area contributed by atoms with Crippen LogP contribution in [0.2, 0.25) is 5.02 Å². The minimum Gasteiger partial charge on any atom is -0.493 e. The zero-order valence-corrected chi connectivity index (χ0v) is 14.8. The van der Waals surface area contributed by atoms with E-state index in [1.54, 1.807) is 20.5 Å². The fraction of sp³-hybridized carbons (Fsp3) is 0.167. The Morgan fingerprint density at radius 1 is 1.08 bits per heavy atom. The number of quaternary nitrogens is 1. The molecule has 0 bridgehead atoms. The molecule has 25 heavy (non-hydrogen) atoms. The van der Waals surface area contributed by atoms with Crippen LogP contribution >= 0.6 is 11.6 Å². The summed E-state index contributed by atoms with van der Waals surface area (Å²) >= 11 is 6.19. The molecule has 4 rings (SSSR count). The highest BCUT2D eigenvalue weighted by molar-refractivity contribution is 6.30. The number of hydrogen-bond acceptors (Lipinski definition) is 5. The number of halogens is 1. The number of aromatic nitrogens is 2. The lowest BCUT2D eigenvalue weighted by atomic mass is 10.1. The van der Waals surface area contributed by atoms with E-state index in [1.165, 1.54) is 0 Å². The fourth-order valence-electron chi connectivity index (χ4n) is 3.15. The Morgan fingerprint density at radius 2 is 1.92 bits per heavy atom. The highest BCUT2D eigenvalue weighted by Crippen LogP contribution is 2.50. The lowest BCUT2D eigenvalue weighted by Crippen LogP contribution is -2.40. The molecule has 0 spiro atoms. The van der Waals surface area contributed by atoms with Gasteiger partial charge in [-0.25, -0.2) is 9.47 Å². The van der Waals surface area contributed by atoms with E-state index in [9.17, 15) is 0 Å². The van der Waals surface area contributed by atoms with Gasteiger partial charge in [0, 0.05) is 23.2 Å². The molecule has 1 aliphatic heterocycles. The number of benzene rings is 2. The lowest BCUT2D eigenvalue weighted by molar-refractivity contribution is 0.356. The van der Waals surface area contributed by atoms with Gasteiger partial charge < -0.3 is 9.47 Å². The summed E-state index contributed by atoms with van der Waals surface area (Å²) in [7, 11) is 5.20. The third kappa shape index (κ3) is 2.26. The Balaban J connectivity index is 2.07. The van der Waals surface area contributed by atoms with E-state index in [4.69, 9.17) is 21.1 Å². The normalized spacial score (nSPS) is 18.4. The van der Waals surface area contributed by atoms with Crippen LogP contribution in [0.5, 0.6) is 11.5 Å². The van der Waals surface area contributed by atoms with Gasteiger partial charge in [0.15, 0.2) is 11.5 Å². The van der Waals surface area contributed by atoms with Gasteiger partial charge in [-0.05, 0) is 6.07 Å². The van der Waals surface area contributed by atoms with Crippen molar-refractivity contribution in [3.8, 4) is 11.5 Å². The van der Waals surface area contributed by atoms with Gasteiger partial charge in [-0.1, -0.05) is 17.7 Å². The van der Waals surface area contributed by atoms with Crippen LogP contribution in [0, 0.1) is 0 Å². The van der Waals surface area contributed by atoms with Crippen molar-refractivity contribution in [1.82, 2.24) is 14.5 Å². The van der Waals surface area contributed by atoms with Crippen LogP contribution < -0.4 is 14.0 Å². The molecule has 3 aromatic rings. The van der Waals surface area contributed by atoms with Gasteiger partial charge in [0.25, 0.3) is 5.82 Å². The first-order valence-corrected chi connectivity index (χ1v) is 8.04. The first-order chi connectivity index (χ1) is 12.1. The molecular formula is C18H16ClN4O2+. The Kier molecular flexibility index (Phi) is 3.59. The summed E-state index contributed by atoms with van der Waals surface area (Å²) in [6.07, 6.45) is 3.37. The second-order valence-electron chi connectivity index (χ2n) is 5.85. The summed E-state index contributed by atoms with van der Waals surface area (Å²) in [5.74, 6) is 1.96. The molecule has 0 aliphatic carbocycles. The summed E-state index contributed by atoms with van der Waals surface area (Å²) in [5.41, 5.74) is 2.38. The van der Waals surface area contributed by atoms with Gasteiger partial charge in [-0.3, -0.25) is 0 Å². The Morgan fingerprint density at radius 3 is 2.64 bits per heavy atom. The van der Waals surface area contributed by atoms with E-state index >= 15 is 0 Å². The SMILES string of the molecule is COc1cc2ncnc3c2c(c1OC)N=C[N+]3(C)c1cccc(Cl)c1. The van der Waals surface area contributed by atoms with E-state index in [2.05, 4.69) is 15.0 Å². The van der Waals surface area contributed by atoms with Crippen molar-refractivity contribution in [3.05, 3.63) is 41.7 Å². The second kappa shape index (κ2) is 5.68. The molecule has 126 valence electrons. The molecule has 1 aliphatic rings. The van der Waals surface area contributed by atoms with Crippen LogP contribution in [0.1, 0.15) is 0 Å². The Bertz CT molecular complexity index is 1020. The molecule has 1 aromatic heterocycles. The van der Waals surface area contributed by atoms with Gasteiger partial charge in [0.05, 0.1) is 26.8 Å². The number of hydrogen-bond donors (Lipinski definition) is 0. The lowest BCUT2D eigenvalue weighted by Gasteiger charge is -2.31. The van der Waals surface area contributed by atoms with Gasteiger partial charge in [0.2, 0.25) is 6.34 Å². The zero-order valence-electron chi connectivity index (χ0n) is 14.0. The number of nitrogens with zero attached hydrogens (tertiary/aromatic N) is 4. The van der Waals surface area contributed by atoms with Crippen molar-refractivity contribution in [2.24, 2.45) is 4.99 Å². The van der Waals surface area contributed by atoms with Crippen LogP contribution in [0.25, 0.3) is 10.9 Å². The largest absolute Gasteiger partial charge is 0.493 e. The van der Waals surface area contributed by atoms with Crippen molar-refractivity contribution >= 4 is 46.0 Å². The highest BCUT2D eigenvalue weighted by atomic mass is 35.5. The number of ether oxygens (including phenoxy) is 2. The molecule has 2 aromatic carbocycles. The van der Waals surface area contributed by atoms with Crippen molar-refractivity contribution < 1.29 is 9.47 Å². The number of rotatable bonds is 3. The van der Waals surface area contributed by atoms with Crippen LogP contribution in [-0.2, 0) is 0 Å². The smallest absolute Gasteiger partial charge is 0.251 e. The molecule has 0 saturated heterocycles. The minimum absolute atomic E-state index is 0.280. The van der Waals surface area contributed by atoms with Crippen LogP contribution in [0.3, 0.4) is 0 Å². The van der Waals surface area contributed by atoms with Crippen molar-refractivity contribution in [2.75, 3.05) is 21.3 Å². The predicted molar refractivity (Wildman–Crippen MR) is 99.6 cm³/mol. The van der Waals surface area contributed by atoms with Crippen molar-refractivity contribution in [2.45, 2.75) is 0 Å². The van der Waals surface area contributed by atoms with E-state index < -0.39 is 0 Å². The number of methoxy groups -OCH3 is 2. The monoisotopic (exact) mass is 355 g/mol. The summed E-state index contributed by atoms with van der Waals surface area (Å²) < 4.78 is 11.2. The second-order valence-corrected chi connectivity index (χ2v) is 6.29. The topological polar surface area (TPSA) is 56.6 Å². The highest BCUT2D eigenvalue weighted by Gasteiger charge is 2.37. The third-order valence-corrected chi connectivity index (χ3v) is 4.66. The third-order valence-electron chi connectivity index (χ3n) is 4.43. The van der Waals surface area contributed by atoms with Crippen LogP contribution in [0.15, 0.2) is 41.7 Å².